The zero-order valence-electron chi connectivity index (χ0n) is 12.4. The number of fused-ring (bicyclic) bond motifs is 1. The zero-order valence-corrected chi connectivity index (χ0v) is 12.4. The van der Waals surface area contributed by atoms with Gasteiger partial charge >= 0.3 is 0 Å². The summed E-state index contributed by atoms with van der Waals surface area (Å²) >= 11 is 0. The summed E-state index contributed by atoms with van der Waals surface area (Å²) in [4.78, 5) is 14.5. The minimum absolute atomic E-state index is 0.0876. The lowest BCUT2D eigenvalue weighted by Crippen LogP contribution is -2.54. The summed E-state index contributed by atoms with van der Waals surface area (Å²) < 4.78 is 0. The number of hydrogen-bond acceptors (Lipinski definition) is 2. The minimum Gasteiger partial charge on any atom is -0.339 e. The van der Waals surface area contributed by atoms with Crippen LogP contribution in [0.2, 0.25) is 0 Å². The predicted octanol–water partition coefficient (Wildman–Crippen LogP) is 2.35. The van der Waals surface area contributed by atoms with E-state index in [1.807, 2.05) is 18.0 Å². The van der Waals surface area contributed by atoms with Crippen molar-refractivity contribution in [3.63, 3.8) is 0 Å². The lowest BCUT2D eigenvalue weighted by molar-refractivity contribution is -0.137. The van der Waals surface area contributed by atoms with Crippen LogP contribution in [0.15, 0.2) is 24.3 Å². The van der Waals surface area contributed by atoms with Crippen LogP contribution >= 0.6 is 0 Å². The Balaban J connectivity index is 2.11. The van der Waals surface area contributed by atoms with E-state index in [0.717, 1.165) is 19.4 Å². The first-order valence-corrected chi connectivity index (χ1v) is 7.03. The molecule has 1 amide bonds. The van der Waals surface area contributed by atoms with E-state index in [1.165, 1.54) is 11.1 Å². The first kappa shape index (κ1) is 14.1. The maximum Gasteiger partial charge on any atom is 0.240 e. The van der Waals surface area contributed by atoms with Crippen LogP contribution < -0.4 is 5.32 Å². The summed E-state index contributed by atoms with van der Waals surface area (Å²) in [5.74, 6) is 0.196. The molecule has 1 aliphatic rings. The highest BCUT2D eigenvalue weighted by Crippen LogP contribution is 2.21. The van der Waals surface area contributed by atoms with E-state index in [9.17, 15) is 4.79 Å². The zero-order chi connectivity index (χ0) is 14.0. The molecule has 19 heavy (non-hydrogen) atoms. The van der Waals surface area contributed by atoms with E-state index < -0.39 is 0 Å². The number of rotatable bonds is 3. The Kier molecular flexibility index (Phi) is 3.95. The standard InChI is InChI=1S/C16H24N2O/c1-5-16(2,3)18(4)15(19)14-10-12-8-6-7-9-13(12)11-17-14/h6-9,14,17H,5,10-11H2,1-4H3/t14-/m0/s1. The van der Waals surface area contributed by atoms with Gasteiger partial charge in [0, 0.05) is 19.1 Å². The molecule has 0 saturated carbocycles. The predicted molar refractivity (Wildman–Crippen MR) is 77.9 cm³/mol. The number of benzene rings is 1. The van der Waals surface area contributed by atoms with Crippen LogP contribution in [-0.4, -0.2) is 29.4 Å². The third-order valence-corrected chi connectivity index (χ3v) is 4.48. The monoisotopic (exact) mass is 260 g/mol. The smallest absolute Gasteiger partial charge is 0.240 e. The van der Waals surface area contributed by atoms with E-state index in [0.29, 0.717) is 0 Å². The first-order chi connectivity index (χ1) is 8.95. The van der Waals surface area contributed by atoms with Gasteiger partial charge in [-0.25, -0.2) is 0 Å². The SMILES string of the molecule is CCC(C)(C)N(C)C(=O)[C@@H]1Cc2ccccc2CN1. The van der Waals surface area contributed by atoms with Crippen molar-refractivity contribution in [1.29, 1.82) is 0 Å². The van der Waals surface area contributed by atoms with Gasteiger partial charge in [0.1, 0.15) is 0 Å². The molecule has 0 radical (unpaired) electrons. The van der Waals surface area contributed by atoms with Gasteiger partial charge in [0.05, 0.1) is 6.04 Å². The Morgan fingerprint density at radius 1 is 1.37 bits per heavy atom. The molecule has 104 valence electrons. The molecule has 0 saturated heterocycles. The van der Waals surface area contributed by atoms with Crippen LogP contribution in [0.4, 0.5) is 0 Å². The fraction of sp³-hybridized carbons (Fsp3) is 0.562. The van der Waals surface area contributed by atoms with Crippen molar-refractivity contribution in [3.8, 4) is 0 Å². The molecule has 3 heteroatoms. The lowest BCUT2D eigenvalue weighted by atomic mass is 9.93. The van der Waals surface area contributed by atoms with Crippen LogP contribution in [0.25, 0.3) is 0 Å². The van der Waals surface area contributed by atoms with Crippen molar-refractivity contribution < 1.29 is 4.79 Å². The Morgan fingerprint density at radius 3 is 2.63 bits per heavy atom. The van der Waals surface area contributed by atoms with E-state index in [1.54, 1.807) is 0 Å². The van der Waals surface area contributed by atoms with Crippen molar-refractivity contribution in [2.75, 3.05) is 7.05 Å². The van der Waals surface area contributed by atoms with Gasteiger partial charge in [-0.05, 0) is 37.8 Å². The summed E-state index contributed by atoms with van der Waals surface area (Å²) in [5, 5.41) is 3.36. The second-order valence-corrected chi connectivity index (χ2v) is 5.97. The summed E-state index contributed by atoms with van der Waals surface area (Å²) in [7, 11) is 1.91. The summed E-state index contributed by atoms with van der Waals surface area (Å²) in [5.41, 5.74) is 2.52. The van der Waals surface area contributed by atoms with Crippen LogP contribution in [0.5, 0.6) is 0 Å². The van der Waals surface area contributed by atoms with Gasteiger partial charge in [-0.1, -0.05) is 31.2 Å². The second kappa shape index (κ2) is 5.33. The molecular weight excluding hydrogens is 236 g/mol. The van der Waals surface area contributed by atoms with E-state index >= 15 is 0 Å². The number of likely N-dealkylation sites (N-methyl/N-ethyl adjacent to an activating group) is 1. The molecule has 0 fully saturated rings. The average molecular weight is 260 g/mol. The quantitative estimate of drug-likeness (QED) is 0.905. The lowest BCUT2D eigenvalue weighted by Gasteiger charge is -2.38. The number of carbonyl (C=O) groups excluding carboxylic acids is 1. The molecule has 0 spiro atoms. The van der Waals surface area contributed by atoms with E-state index in [4.69, 9.17) is 0 Å². The second-order valence-electron chi connectivity index (χ2n) is 5.97. The fourth-order valence-corrected chi connectivity index (χ4v) is 2.40. The number of nitrogens with zero attached hydrogens (tertiary/aromatic N) is 1. The third-order valence-electron chi connectivity index (χ3n) is 4.48. The van der Waals surface area contributed by atoms with Gasteiger partial charge in [0.25, 0.3) is 0 Å². The van der Waals surface area contributed by atoms with Gasteiger partial charge < -0.3 is 10.2 Å². The van der Waals surface area contributed by atoms with E-state index in [2.05, 4.69) is 44.3 Å². The summed E-state index contributed by atoms with van der Waals surface area (Å²) in [6.45, 7) is 7.13. The van der Waals surface area contributed by atoms with Crippen molar-refractivity contribution in [2.24, 2.45) is 0 Å². The molecule has 3 nitrogen and oxygen atoms in total. The summed E-state index contributed by atoms with van der Waals surface area (Å²) in [6, 6.07) is 8.26. The number of amides is 1. The molecule has 0 aromatic heterocycles. The fourth-order valence-electron chi connectivity index (χ4n) is 2.40. The molecule has 1 heterocycles. The van der Waals surface area contributed by atoms with Gasteiger partial charge in [0.15, 0.2) is 0 Å². The van der Waals surface area contributed by atoms with Gasteiger partial charge in [-0.2, -0.15) is 0 Å². The molecule has 2 rings (SSSR count). The molecule has 1 aliphatic heterocycles. The Bertz CT molecular complexity index is 468. The van der Waals surface area contributed by atoms with Gasteiger partial charge in [0.2, 0.25) is 5.91 Å². The topological polar surface area (TPSA) is 32.3 Å². The van der Waals surface area contributed by atoms with E-state index in [-0.39, 0.29) is 17.5 Å². The molecule has 1 atom stereocenters. The normalized spacial score (nSPS) is 18.8. The van der Waals surface area contributed by atoms with Crippen molar-refractivity contribution in [2.45, 2.75) is 51.7 Å². The molecule has 1 N–H and O–H groups in total. The average Bonchev–Trinajstić information content (AvgIpc) is 2.45. The maximum absolute atomic E-state index is 12.6. The number of carbonyl (C=O) groups is 1. The van der Waals surface area contributed by atoms with Crippen LogP contribution in [0.1, 0.15) is 38.3 Å². The highest BCUT2D eigenvalue weighted by Gasteiger charge is 2.32. The number of nitrogens with one attached hydrogen (secondary N) is 1. The van der Waals surface area contributed by atoms with Crippen LogP contribution in [0, 0.1) is 0 Å². The largest absolute Gasteiger partial charge is 0.339 e. The highest BCUT2D eigenvalue weighted by molar-refractivity contribution is 5.83. The first-order valence-electron chi connectivity index (χ1n) is 7.03. The maximum atomic E-state index is 12.6. The third kappa shape index (κ3) is 2.81. The molecule has 1 aromatic carbocycles. The molecule has 0 unspecified atom stereocenters. The Hall–Kier alpha value is -1.35. The Morgan fingerprint density at radius 2 is 2.00 bits per heavy atom. The molecular formula is C16H24N2O. The van der Waals surface area contributed by atoms with Gasteiger partial charge in [-0.3, -0.25) is 4.79 Å². The number of hydrogen-bond donors (Lipinski definition) is 1. The Labute approximate surface area is 116 Å². The molecule has 0 aliphatic carbocycles. The van der Waals surface area contributed by atoms with Gasteiger partial charge in [-0.15, -0.1) is 0 Å². The van der Waals surface area contributed by atoms with Crippen molar-refractivity contribution >= 4 is 5.91 Å². The van der Waals surface area contributed by atoms with Crippen LogP contribution in [-0.2, 0) is 17.8 Å². The molecule has 1 aromatic rings. The summed E-state index contributed by atoms with van der Waals surface area (Å²) in [6.07, 6.45) is 1.75. The highest BCUT2D eigenvalue weighted by atomic mass is 16.2. The van der Waals surface area contributed by atoms with Crippen LogP contribution in [0.3, 0.4) is 0 Å². The van der Waals surface area contributed by atoms with Crippen molar-refractivity contribution in [3.05, 3.63) is 35.4 Å². The minimum atomic E-state index is -0.0919. The van der Waals surface area contributed by atoms with Crippen molar-refractivity contribution in [1.82, 2.24) is 10.2 Å². The molecule has 0 bridgehead atoms.